The molecule has 1 aliphatic carbocycles. The average Bonchev–Trinajstić information content (AvgIpc) is 2.83. The Kier molecular flexibility index (Phi) is 8.02. The van der Waals surface area contributed by atoms with Gasteiger partial charge in [0.15, 0.2) is 6.10 Å². The number of amides is 1. The maximum absolute atomic E-state index is 13.2. The molecule has 0 bridgehead atoms. The van der Waals surface area contributed by atoms with Gasteiger partial charge in [0.2, 0.25) is 0 Å². The summed E-state index contributed by atoms with van der Waals surface area (Å²) in [5.41, 5.74) is 0.450. The number of likely N-dealkylation sites (N-methyl/N-ethyl adjacent to an activating group) is 1. The van der Waals surface area contributed by atoms with E-state index in [1.807, 2.05) is 0 Å². The van der Waals surface area contributed by atoms with Gasteiger partial charge in [-0.15, -0.1) is 0 Å². The van der Waals surface area contributed by atoms with Gasteiger partial charge in [0.1, 0.15) is 4.90 Å². The first-order valence-corrected chi connectivity index (χ1v) is 12.8. The Morgan fingerprint density at radius 1 is 1.03 bits per heavy atom. The zero-order chi connectivity index (χ0) is 24.2. The van der Waals surface area contributed by atoms with Gasteiger partial charge in [0.05, 0.1) is 16.3 Å². The molecule has 2 aromatic carbocycles. The first-order valence-electron chi connectivity index (χ1n) is 10.9. The lowest BCUT2D eigenvalue weighted by Gasteiger charge is -2.32. The van der Waals surface area contributed by atoms with Crippen molar-refractivity contribution in [2.24, 2.45) is 0 Å². The molecule has 1 aliphatic rings. The van der Waals surface area contributed by atoms with E-state index in [1.165, 1.54) is 38.6 Å². The number of carbonyl (C=O) groups is 2. The van der Waals surface area contributed by atoms with Gasteiger partial charge in [-0.25, -0.2) is 13.2 Å². The van der Waals surface area contributed by atoms with Crippen molar-refractivity contribution >= 4 is 39.2 Å². The van der Waals surface area contributed by atoms with Gasteiger partial charge in [-0.1, -0.05) is 49.1 Å². The Morgan fingerprint density at radius 2 is 1.67 bits per heavy atom. The molecular weight excluding hydrogens is 464 g/mol. The molecule has 0 aliphatic heterocycles. The summed E-state index contributed by atoms with van der Waals surface area (Å²) in [6, 6.07) is 12.6. The van der Waals surface area contributed by atoms with Crippen LogP contribution in [0.3, 0.4) is 0 Å². The number of benzene rings is 2. The SMILES string of the molecule is C[C@@H](OC(=O)c1ccc(Cl)c(S(=O)(=O)N(C)c2ccccc2)c1)C(=O)N(C)C1CCCCC1. The number of rotatable bonds is 7. The fraction of sp³-hybridized carbons (Fsp3) is 0.417. The zero-order valence-corrected chi connectivity index (χ0v) is 20.6. The highest BCUT2D eigenvalue weighted by Crippen LogP contribution is 2.29. The molecular formula is C24H29ClN2O5S. The first kappa shape index (κ1) is 25.1. The molecule has 0 radical (unpaired) electrons. The summed E-state index contributed by atoms with van der Waals surface area (Å²) in [6.45, 7) is 1.52. The molecule has 178 valence electrons. The molecule has 9 heteroatoms. The smallest absolute Gasteiger partial charge is 0.338 e. The summed E-state index contributed by atoms with van der Waals surface area (Å²) in [7, 11) is -0.891. The van der Waals surface area contributed by atoms with Crippen LogP contribution in [0.25, 0.3) is 0 Å². The Bertz CT molecular complexity index is 1100. The highest BCUT2D eigenvalue weighted by molar-refractivity contribution is 7.93. The molecule has 3 rings (SSSR count). The lowest BCUT2D eigenvalue weighted by atomic mass is 9.94. The van der Waals surface area contributed by atoms with E-state index in [9.17, 15) is 18.0 Å². The minimum absolute atomic E-state index is 0.000550. The number of ether oxygens (including phenoxy) is 1. The predicted octanol–water partition coefficient (Wildman–Crippen LogP) is 4.50. The molecule has 2 aromatic rings. The topological polar surface area (TPSA) is 84.0 Å². The van der Waals surface area contributed by atoms with Crippen LogP contribution in [0.5, 0.6) is 0 Å². The normalized spacial score (nSPS) is 15.5. The van der Waals surface area contributed by atoms with Crippen molar-refractivity contribution in [2.45, 2.75) is 56.1 Å². The van der Waals surface area contributed by atoms with Crippen molar-refractivity contribution in [2.75, 3.05) is 18.4 Å². The number of hydrogen-bond acceptors (Lipinski definition) is 5. The highest BCUT2D eigenvalue weighted by atomic mass is 35.5. The van der Waals surface area contributed by atoms with E-state index in [0.717, 1.165) is 30.0 Å². The summed E-state index contributed by atoms with van der Waals surface area (Å²) < 4.78 is 32.8. The fourth-order valence-electron chi connectivity index (χ4n) is 3.97. The summed E-state index contributed by atoms with van der Waals surface area (Å²) in [4.78, 5) is 26.9. The van der Waals surface area contributed by atoms with E-state index in [2.05, 4.69) is 0 Å². The summed E-state index contributed by atoms with van der Waals surface area (Å²) >= 11 is 6.18. The third-order valence-electron chi connectivity index (χ3n) is 6.03. The van der Waals surface area contributed by atoms with E-state index in [1.54, 1.807) is 42.3 Å². The second kappa shape index (κ2) is 10.6. The second-order valence-electron chi connectivity index (χ2n) is 8.24. The van der Waals surface area contributed by atoms with Crippen molar-refractivity contribution in [1.82, 2.24) is 4.90 Å². The van der Waals surface area contributed by atoms with E-state index in [4.69, 9.17) is 16.3 Å². The van der Waals surface area contributed by atoms with Gasteiger partial charge in [-0.3, -0.25) is 9.10 Å². The molecule has 1 amide bonds. The van der Waals surface area contributed by atoms with Crippen molar-refractivity contribution in [1.29, 1.82) is 0 Å². The van der Waals surface area contributed by atoms with Crippen LogP contribution in [0.4, 0.5) is 5.69 Å². The Balaban J connectivity index is 1.76. The number of sulfonamides is 1. The van der Waals surface area contributed by atoms with Gasteiger partial charge in [0.25, 0.3) is 15.9 Å². The van der Waals surface area contributed by atoms with E-state index in [0.29, 0.717) is 5.69 Å². The third-order valence-corrected chi connectivity index (χ3v) is 8.29. The standard InChI is InChI=1S/C24H29ClN2O5S/c1-17(23(28)26(2)19-10-6-4-7-11-19)32-24(29)18-14-15-21(25)22(16-18)33(30,31)27(3)20-12-8-5-9-13-20/h5,8-9,12-17,19H,4,6-7,10-11H2,1-3H3/t17-/m1/s1. The van der Waals surface area contributed by atoms with Crippen LogP contribution in [0.15, 0.2) is 53.4 Å². The lowest BCUT2D eigenvalue weighted by molar-refractivity contribution is -0.141. The molecule has 0 saturated heterocycles. The largest absolute Gasteiger partial charge is 0.449 e. The van der Waals surface area contributed by atoms with Gasteiger partial charge in [-0.2, -0.15) is 0 Å². The van der Waals surface area contributed by atoms with Crippen molar-refractivity contribution < 1.29 is 22.7 Å². The lowest BCUT2D eigenvalue weighted by Crippen LogP contribution is -2.44. The second-order valence-corrected chi connectivity index (χ2v) is 10.6. The predicted molar refractivity (Wildman–Crippen MR) is 128 cm³/mol. The minimum Gasteiger partial charge on any atom is -0.449 e. The number of para-hydroxylation sites is 1. The average molecular weight is 493 g/mol. The number of hydrogen-bond donors (Lipinski definition) is 0. The van der Waals surface area contributed by atoms with Crippen LogP contribution in [0.1, 0.15) is 49.4 Å². The number of halogens is 1. The molecule has 0 aromatic heterocycles. The molecule has 0 N–H and O–H groups in total. The van der Waals surface area contributed by atoms with Crippen LogP contribution in [0.2, 0.25) is 5.02 Å². The minimum atomic E-state index is -4.03. The van der Waals surface area contributed by atoms with E-state index in [-0.39, 0.29) is 27.4 Å². The summed E-state index contributed by atoms with van der Waals surface area (Å²) in [5, 5.41) is -0.0181. The van der Waals surface area contributed by atoms with Crippen molar-refractivity contribution in [3.63, 3.8) is 0 Å². The van der Waals surface area contributed by atoms with E-state index < -0.39 is 22.1 Å². The summed E-state index contributed by atoms with van der Waals surface area (Å²) in [6.07, 6.45) is 4.22. The number of nitrogens with zero attached hydrogens (tertiary/aromatic N) is 2. The van der Waals surface area contributed by atoms with Crippen LogP contribution in [0, 0.1) is 0 Å². The third kappa shape index (κ3) is 5.68. The Labute approximate surface area is 200 Å². The highest BCUT2D eigenvalue weighted by Gasteiger charge is 2.29. The summed E-state index contributed by atoms with van der Waals surface area (Å²) in [5.74, 6) is -1.07. The molecule has 7 nitrogen and oxygen atoms in total. The zero-order valence-electron chi connectivity index (χ0n) is 19.0. The Hall–Kier alpha value is -2.58. The van der Waals surface area contributed by atoms with Crippen molar-refractivity contribution in [3.05, 3.63) is 59.1 Å². The molecule has 1 atom stereocenters. The van der Waals surface area contributed by atoms with Crippen LogP contribution in [-0.2, 0) is 19.6 Å². The molecule has 1 fully saturated rings. The quantitative estimate of drug-likeness (QED) is 0.531. The fourth-order valence-corrected chi connectivity index (χ4v) is 5.66. The number of carbonyl (C=O) groups excluding carboxylic acids is 2. The first-order chi connectivity index (χ1) is 15.6. The van der Waals surface area contributed by atoms with E-state index >= 15 is 0 Å². The maximum atomic E-state index is 13.2. The Morgan fingerprint density at radius 3 is 2.30 bits per heavy atom. The van der Waals surface area contributed by atoms with Crippen LogP contribution < -0.4 is 4.31 Å². The van der Waals surface area contributed by atoms with Crippen LogP contribution >= 0.6 is 11.6 Å². The molecule has 0 heterocycles. The van der Waals surface area contributed by atoms with Crippen LogP contribution in [-0.4, -0.2) is 51.4 Å². The number of anilines is 1. The molecule has 1 saturated carbocycles. The molecule has 33 heavy (non-hydrogen) atoms. The van der Waals surface area contributed by atoms with Gasteiger partial charge < -0.3 is 9.64 Å². The van der Waals surface area contributed by atoms with Gasteiger partial charge in [0, 0.05) is 20.1 Å². The molecule has 0 unspecified atom stereocenters. The molecule has 0 spiro atoms. The monoisotopic (exact) mass is 492 g/mol. The number of esters is 1. The van der Waals surface area contributed by atoms with Gasteiger partial charge >= 0.3 is 5.97 Å². The van der Waals surface area contributed by atoms with Gasteiger partial charge in [-0.05, 0) is 50.1 Å². The van der Waals surface area contributed by atoms with Crippen molar-refractivity contribution in [3.8, 4) is 0 Å². The maximum Gasteiger partial charge on any atom is 0.338 e.